The van der Waals surface area contributed by atoms with Gasteiger partial charge in [-0.3, -0.25) is 9.69 Å². The topological polar surface area (TPSA) is 100 Å². The first kappa shape index (κ1) is 25.3. The Bertz CT molecular complexity index is 1250. The molecule has 4 rings (SSSR count). The summed E-state index contributed by atoms with van der Waals surface area (Å²) in [5, 5.41) is 11.3. The molecular weight excluding hydrogens is 464 g/mol. The van der Waals surface area contributed by atoms with Crippen LogP contribution in [0.3, 0.4) is 0 Å². The van der Waals surface area contributed by atoms with Crippen LogP contribution in [-0.2, 0) is 21.4 Å². The Kier molecular flexibility index (Phi) is 7.83. The number of fused-ring (bicyclic) bond motifs is 1. The number of carbonyl (C=O) groups excluding carboxylic acids is 1. The summed E-state index contributed by atoms with van der Waals surface area (Å²) >= 11 is 0. The highest BCUT2D eigenvalue weighted by atomic mass is 32.2. The fraction of sp³-hybridized carbons (Fsp3) is 0.480. The second-order valence-corrected chi connectivity index (χ2v) is 11.4. The van der Waals surface area contributed by atoms with Gasteiger partial charge in [-0.05, 0) is 49.9 Å². The predicted octanol–water partition coefficient (Wildman–Crippen LogP) is 2.80. The lowest BCUT2D eigenvalue weighted by Crippen LogP contribution is -2.47. The molecule has 1 fully saturated rings. The third-order valence-electron chi connectivity index (χ3n) is 6.73. The number of hydrogen-bond acceptors (Lipinski definition) is 6. The van der Waals surface area contributed by atoms with Gasteiger partial charge in [0.05, 0.1) is 23.0 Å². The van der Waals surface area contributed by atoms with Crippen LogP contribution in [-0.4, -0.2) is 71.2 Å². The number of likely N-dealkylation sites (tertiary alicyclic amines) is 1. The highest BCUT2D eigenvalue weighted by Gasteiger charge is 2.26. The van der Waals surface area contributed by atoms with Crippen molar-refractivity contribution in [1.82, 2.24) is 29.5 Å². The van der Waals surface area contributed by atoms with E-state index in [0.29, 0.717) is 5.52 Å². The van der Waals surface area contributed by atoms with Gasteiger partial charge in [0.15, 0.2) is 0 Å². The highest BCUT2D eigenvalue weighted by molar-refractivity contribution is 7.89. The number of benzene rings is 2. The number of piperidine rings is 1. The van der Waals surface area contributed by atoms with Crippen molar-refractivity contribution in [2.45, 2.75) is 56.6 Å². The van der Waals surface area contributed by atoms with E-state index >= 15 is 0 Å². The molecule has 1 saturated heterocycles. The molecule has 2 heterocycles. The van der Waals surface area contributed by atoms with Crippen LogP contribution >= 0.6 is 0 Å². The normalized spacial score (nSPS) is 16.6. The molecule has 188 valence electrons. The lowest BCUT2D eigenvalue weighted by molar-refractivity contribution is -0.122. The van der Waals surface area contributed by atoms with Crippen LogP contribution in [0.1, 0.15) is 44.7 Å². The van der Waals surface area contributed by atoms with Crippen molar-refractivity contribution in [2.24, 2.45) is 0 Å². The number of aromatic nitrogens is 3. The van der Waals surface area contributed by atoms with Gasteiger partial charge in [-0.1, -0.05) is 42.5 Å². The van der Waals surface area contributed by atoms with Gasteiger partial charge in [-0.15, -0.1) is 5.10 Å². The molecule has 1 aliphatic rings. The van der Waals surface area contributed by atoms with Gasteiger partial charge < -0.3 is 5.32 Å². The molecular formula is C25H34N6O3S. The summed E-state index contributed by atoms with van der Waals surface area (Å²) in [6.07, 6.45) is 2.58. The van der Waals surface area contributed by atoms with Gasteiger partial charge in [-0.2, -0.15) is 4.31 Å². The molecule has 0 radical (unpaired) electrons. The molecule has 10 heteroatoms. The summed E-state index contributed by atoms with van der Waals surface area (Å²) in [4.78, 5) is 15.1. The maximum Gasteiger partial charge on any atom is 0.243 e. The SMILES string of the molecule is CC[C@@H](C)n1nnc2cc(S(=O)(=O)N(C)CC(=O)NC3CCN(Cc4ccccc4)CC3)ccc21. The van der Waals surface area contributed by atoms with Crippen molar-refractivity contribution in [2.75, 3.05) is 26.7 Å². The first-order valence-corrected chi connectivity index (χ1v) is 13.6. The molecule has 1 aliphatic heterocycles. The molecule has 35 heavy (non-hydrogen) atoms. The standard InChI is InChI=1S/C25H34N6O3S/c1-4-19(2)31-24-11-10-22(16-23(24)27-28-31)35(33,34)29(3)18-25(32)26-21-12-14-30(15-13-21)17-20-8-6-5-7-9-20/h5-11,16,19,21H,4,12-15,17-18H2,1-3H3,(H,26,32)/t19-/m1/s1. The Labute approximate surface area is 207 Å². The van der Waals surface area contributed by atoms with E-state index in [9.17, 15) is 13.2 Å². The summed E-state index contributed by atoms with van der Waals surface area (Å²) in [6, 6.07) is 15.4. The van der Waals surface area contributed by atoms with Crippen LogP contribution in [0.4, 0.5) is 0 Å². The number of nitrogens with zero attached hydrogens (tertiary/aromatic N) is 5. The smallest absolute Gasteiger partial charge is 0.243 e. The summed E-state index contributed by atoms with van der Waals surface area (Å²) in [7, 11) is -2.41. The lowest BCUT2D eigenvalue weighted by atomic mass is 10.0. The largest absolute Gasteiger partial charge is 0.352 e. The zero-order chi connectivity index (χ0) is 25.0. The van der Waals surface area contributed by atoms with Crippen molar-refractivity contribution in [3.8, 4) is 0 Å². The number of likely N-dealkylation sites (N-methyl/N-ethyl adjacent to an activating group) is 1. The van der Waals surface area contributed by atoms with Gasteiger partial charge in [0.25, 0.3) is 0 Å². The number of nitrogens with one attached hydrogen (secondary N) is 1. The molecule has 1 amide bonds. The van der Waals surface area contributed by atoms with E-state index in [1.807, 2.05) is 25.1 Å². The number of rotatable bonds is 9. The molecule has 0 aliphatic carbocycles. The molecule has 1 N–H and O–H groups in total. The van der Waals surface area contributed by atoms with Crippen molar-refractivity contribution in [3.63, 3.8) is 0 Å². The lowest BCUT2D eigenvalue weighted by Gasteiger charge is -2.32. The van der Waals surface area contributed by atoms with Gasteiger partial charge in [0.1, 0.15) is 5.52 Å². The Balaban J connectivity index is 1.31. The van der Waals surface area contributed by atoms with Crippen LogP contribution < -0.4 is 5.32 Å². The Morgan fingerprint density at radius 2 is 1.89 bits per heavy atom. The predicted molar refractivity (Wildman–Crippen MR) is 135 cm³/mol. The number of amides is 1. The monoisotopic (exact) mass is 498 g/mol. The fourth-order valence-corrected chi connectivity index (χ4v) is 5.55. The van der Waals surface area contributed by atoms with E-state index in [1.165, 1.54) is 18.7 Å². The molecule has 0 unspecified atom stereocenters. The second kappa shape index (κ2) is 10.8. The van der Waals surface area contributed by atoms with Crippen molar-refractivity contribution in [3.05, 3.63) is 54.1 Å². The van der Waals surface area contributed by atoms with Crippen molar-refractivity contribution in [1.29, 1.82) is 0 Å². The summed E-state index contributed by atoms with van der Waals surface area (Å²) < 4.78 is 29.1. The van der Waals surface area contributed by atoms with E-state index in [-0.39, 0.29) is 29.4 Å². The van der Waals surface area contributed by atoms with Crippen LogP contribution in [0.25, 0.3) is 11.0 Å². The van der Waals surface area contributed by atoms with Gasteiger partial charge in [-0.25, -0.2) is 13.1 Å². The molecule has 1 aromatic heterocycles. The zero-order valence-corrected chi connectivity index (χ0v) is 21.4. The van der Waals surface area contributed by atoms with Crippen LogP contribution in [0, 0.1) is 0 Å². The quantitative estimate of drug-likeness (QED) is 0.487. The third kappa shape index (κ3) is 5.88. The molecule has 9 nitrogen and oxygen atoms in total. The van der Waals surface area contributed by atoms with Gasteiger partial charge in [0.2, 0.25) is 15.9 Å². The van der Waals surface area contributed by atoms with E-state index in [4.69, 9.17) is 0 Å². The number of carbonyl (C=O) groups is 1. The Hall–Kier alpha value is -2.82. The van der Waals surface area contributed by atoms with E-state index in [0.717, 1.165) is 48.7 Å². The Morgan fingerprint density at radius 3 is 2.57 bits per heavy atom. The maximum absolute atomic E-state index is 13.1. The third-order valence-corrected chi connectivity index (χ3v) is 8.53. The zero-order valence-electron chi connectivity index (χ0n) is 20.6. The average Bonchev–Trinajstić information content (AvgIpc) is 3.28. The van der Waals surface area contributed by atoms with Gasteiger partial charge in [0, 0.05) is 32.7 Å². The van der Waals surface area contributed by atoms with Crippen LogP contribution in [0.5, 0.6) is 0 Å². The minimum absolute atomic E-state index is 0.0533. The maximum atomic E-state index is 13.1. The first-order chi connectivity index (χ1) is 16.8. The van der Waals surface area contributed by atoms with Crippen molar-refractivity contribution < 1.29 is 13.2 Å². The first-order valence-electron chi connectivity index (χ1n) is 12.1. The molecule has 1 atom stereocenters. The molecule has 2 aromatic carbocycles. The van der Waals surface area contributed by atoms with Crippen LogP contribution in [0.15, 0.2) is 53.4 Å². The molecule has 0 spiro atoms. The molecule has 0 bridgehead atoms. The van der Waals surface area contributed by atoms with Crippen molar-refractivity contribution >= 4 is 27.0 Å². The van der Waals surface area contributed by atoms with E-state index in [1.54, 1.807) is 16.8 Å². The fourth-order valence-electron chi connectivity index (χ4n) is 4.40. The van der Waals surface area contributed by atoms with Crippen LogP contribution in [0.2, 0.25) is 0 Å². The minimum atomic E-state index is -3.84. The molecule has 0 saturated carbocycles. The van der Waals surface area contributed by atoms with Gasteiger partial charge >= 0.3 is 0 Å². The summed E-state index contributed by atoms with van der Waals surface area (Å²) in [5.41, 5.74) is 2.59. The summed E-state index contributed by atoms with van der Waals surface area (Å²) in [6.45, 7) is 6.56. The number of sulfonamides is 1. The Morgan fingerprint density at radius 1 is 1.17 bits per heavy atom. The average molecular weight is 499 g/mol. The number of hydrogen-bond donors (Lipinski definition) is 1. The molecule has 3 aromatic rings. The summed E-state index contributed by atoms with van der Waals surface area (Å²) in [5.74, 6) is -0.290. The van der Waals surface area contributed by atoms with E-state index < -0.39 is 10.0 Å². The minimum Gasteiger partial charge on any atom is -0.352 e. The van der Waals surface area contributed by atoms with E-state index in [2.05, 4.69) is 39.6 Å². The second-order valence-electron chi connectivity index (χ2n) is 9.31. The highest BCUT2D eigenvalue weighted by Crippen LogP contribution is 2.23.